The topological polar surface area (TPSA) is 73.1 Å². The van der Waals surface area contributed by atoms with Gasteiger partial charge < -0.3 is 9.64 Å². The van der Waals surface area contributed by atoms with Crippen LogP contribution in [0.3, 0.4) is 0 Å². The van der Waals surface area contributed by atoms with Crippen LogP contribution < -0.4 is 0 Å². The second-order valence-electron chi connectivity index (χ2n) is 4.80. The number of aromatic nitrogens is 4. The van der Waals surface area contributed by atoms with Crippen molar-refractivity contribution in [2.75, 3.05) is 26.3 Å². The molecule has 0 atom stereocenters. The SMILES string of the molecule is CCn1nnnc1-c1cccc(C(=O)N2CCOCC2)c1. The average molecular weight is 287 g/mol. The summed E-state index contributed by atoms with van der Waals surface area (Å²) < 4.78 is 6.98. The molecule has 110 valence electrons. The zero-order valence-electron chi connectivity index (χ0n) is 11.9. The number of hydrogen-bond donors (Lipinski definition) is 0. The number of nitrogens with zero attached hydrogens (tertiary/aromatic N) is 5. The number of carbonyl (C=O) groups is 1. The lowest BCUT2D eigenvalue weighted by Gasteiger charge is -2.26. The number of amides is 1. The number of hydrogen-bond acceptors (Lipinski definition) is 5. The zero-order valence-corrected chi connectivity index (χ0v) is 11.9. The monoisotopic (exact) mass is 287 g/mol. The molecule has 1 aromatic carbocycles. The van der Waals surface area contributed by atoms with E-state index in [9.17, 15) is 4.79 Å². The number of morpholine rings is 1. The van der Waals surface area contributed by atoms with Gasteiger partial charge in [0.15, 0.2) is 5.82 Å². The Morgan fingerprint density at radius 1 is 1.33 bits per heavy atom. The van der Waals surface area contributed by atoms with Gasteiger partial charge in [0, 0.05) is 30.8 Å². The summed E-state index contributed by atoms with van der Waals surface area (Å²) in [6.07, 6.45) is 0. The molecule has 0 radical (unpaired) electrons. The number of tetrazole rings is 1. The van der Waals surface area contributed by atoms with Gasteiger partial charge in [-0.2, -0.15) is 0 Å². The van der Waals surface area contributed by atoms with E-state index in [1.54, 1.807) is 4.68 Å². The maximum Gasteiger partial charge on any atom is 0.254 e. The van der Waals surface area contributed by atoms with Crippen molar-refractivity contribution in [1.29, 1.82) is 0 Å². The lowest BCUT2D eigenvalue weighted by molar-refractivity contribution is 0.0303. The van der Waals surface area contributed by atoms with Crippen LogP contribution in [-0.2, 0) is 11.3 Å². The van der Waals surface area contributed by atoms with Crippen molar-refractivity contribution in [3.63, 3.8) is 0 Å². The molecule has 7 nitrogen and oxygen atoms in total. The second kappa shape index (κ2) is 6.01. The van der Waals surface area contributed by atoms with Gasteiger partial charge in [0.25, 0.3) is 5.91 Å². The van der Waals surface area contributed by atoms with Crippen LogP contribution in [-0.4, -0.2) is 57.3 Å². The van der Waals surface area contributed by atoms with Crippen molar-refractivity contribution in [2.45, 2.75) is 13.5 Å². The van der Waals surface area contributed by atoms with E-state index in [4.69, 9.17) is 4.74 Å². The summed E-state index contributed by atoms with van der Waals surface area (Å²) in [5, 5.41) is 11.6. The molecule has 1 aliphatic rings. The summed E-state index contributed by atoms with van der Waals surface area (Å²) in [7, 11) is 0. The van der Waals surface area contributed by atoms with E-state index in [0.29, 0.717) is 44.2 Å². The van der Waals surface area contributed by atoms with Crippen molar-refractivity contribution in [3.05, 3.63) is 29.8 Å². The Hall–Kier alpha value is -2.28. The molecule has 0 aliphatic carbocycles. The Balaban J connectivity index is 1.87. The third kappa shape index (κ3) is 2.78. The summed E-state index contributed by atoms with van der Waals surface area (Å²) in [6, 6.07) is 7.43. The van der Waals surface area contributed by atoms with E-state index in [1.807, 2.05) is 36.1 Å². The van der Waals surface area contributed by atoms with Gasteiger partial charge in [-0.15, -0.1) is 5.10 Å². The molecule has 0 unspecified atom stereocenters. The van der Waals surface area contributed by atoms with Gasteiger partial charge in [-0.1, -0.05) is 12.1 Å². The minimum absolute atomic E-state index is 0.0238. The first kappa shape index (κ1) is 13.7. The van der Waals surface area contributed by atoms with Gasteiger partial charge in [-0.25, -0.2) is 4.68 Å². The third-order valence-corrected chi connectivity index (χ3v) is 3.50. The Labute approximate surface area is 122 Å². The number of carbonyl (C=O) groups excluding carboxylic acids is 1. The van der Waals surface area contributed by atoms with E-state index in [-0.39, 0.29) is 5.91 Å². The summed E-state index contributed by atoms with van der Waals surface area (Å²) in [6.45, 7) is 5.12. The molecule has 1 aliphatic heterocycles. The van der Waals surface area contributed by atoms with E-state index < -0.39 is 0 Å². The maximum atomic E-state index is 12.5. The molecule has 1 aromatic heterocycles. The van der Waals surface area contributed by atoms with Crippen LogP contribution in [0.25, 0.3) is 11.4 Å². The fraction of sp³-hybridized carbons (Fsp3) is 0.429. The number of ether oxygens (including phenoxy) is 1. The number of rotatable bonds is 3. The molecule has 0 saturated carbocycles. The molecule has 3 rings (SSSR count). The molecular formula is C14H17N5O2. The van der Waals surface area contributed by atoms with Crippen LogP contribution in [0.4, 0.5) is 0 Å². The number of benzene rings is 1. The molecule has 0 spiro atoms. The van der Waals surface area contributed by atoms with Crippen LogP contribution in [0.5, 0.6) is 0 Å². The predicted octanol–water partition coefficient (Wildman–Crippen LogP) is 0.832. The van der Waals surface area contributed by atoms with Crippen LogP contribution in [0.15, 0.2) is 24.3 Å². The highest BCUT2D eigenvalue weighted by Gasteiger charge is 2.19. The minimum atomic E-state index is 0.0238. The van der Waals surface area contributed by atoms with Gasteiger partial charge in [-0.05, 0) is 29.5 Å². The van der Waals surface area contributed by atoms with Crippen molar-refractivity contribution >= 4 is 5.91 Å². The van der Waals surface area contributed by atoms with Crippen LogP contribution >= 0.6 is 0 Å². The summed E-state index contributed by atoms with van der Waals surface area (Å²) in [4.78, 5) is 14.3. The predicted molar refractivity (Wildman–Crippen MR) is 75.6 cm³/mol. The van der Waals surface area contributed by atoms with Gasteiger partial charge >= 0.3 is 0 Å². The first-order valence-electron chi connectivity index (χ1n) is 7.03. The van der Waals surface area contributed by atoms with Crippen LogP contribution in [0.2, 0.25) is 0 Å². The van der Waals surface area contributed by atoms with Gasteiger partial charge in [0.05, 0.1) is 13.2 Å². The fourth-order valence-electron chi connectivity index (χ4n) is 2.36. The molecule has 0 bridgehead atoms. The molecule has 1 saturated heterocycles. The first-order valence-corrected chi connectivity index (χ1v) is 7.03. The largest absolute Gasteiger partial charge is 0.378 e. The summed E-state index contributed by atoms with van der Waals surface area (Å²) in [5.41, 5.74) is 1.50. The van der Waals surface area contributed by atoms with E-state index in [0.717, 1.165) is 5.56 Å². The zero-order chi connectivity index (χ0) is 14.7. The highest BCUT2D eigenvalue weighted by atomic mass is 16.5. The standard InChI is InChI=1S/C14H17N5O2/c1-2-19-13(15-16-17-19)11-4-3-5-12(10-11)14(20)18-6-8-21-9-7-18/h3-5,10H,2,6-9H2,1H3. The van der Waals surface area contributed by atoms with E-state index >= 15 is 0 Å². The first-order chi connectivity index (χ1) is 10.3. The molecule has 2 heterocycles. The van der Waals surface area contributed by atoms with Crippen LogP contribution in [0, 0.1) is 0 Å². The molecular weight excluding hydrogens is 270 g/mol. The lowest BCUT2D eigenvalue weighted by Crippen LogP contribution is -2.40. The molecule has 1 fully saturated rings. The molecule has 0 N–H and O–H groups in total. The van der Waals surface area contributed by atoms with Crippen molar-refractivity contribution in [1.82, 2.24) is 25.1 Å². The molecule has 1 amide bonds. The smallest absolute Gasteiger partial charge is 0.254 e. The highest BCUT2D eigenvalue weighted by Crippen LogP contribution is 2.18. The second-order valence-corrected chi connectivity index (χ2v) is 4.80. The number of aryl methyl sites for hydroxylation is 1. The summed E-state index contributed by atoms with van der Waals surface area (Å²) in [5.74, 6) is 0.699. The Morgan fingerprint density at radius 2 is 2.14 bits per heavy atom. The normalized spacial score (nSPS) is 15.2. The third-order valence-electron chi connectivity index (χ3n) is 3.50. The Kier molecular flexibility index (Phi) is 3.92. The highest BCUT2D eigenvalue weighted by molar-refractivity contribution is 5.95. The molecule has 21 heavy (non-hydrogen) atoms. The Morgan fingerprint density at radius 3 is 2.90 bits per heavy atom. The van der Waals surface area contributed by atoms with Gasteiger partial charge in [-0.3, -0.25) is 4.79 Å². The van der Waals surface area contributed by atoms with Crippen molar-refractivity contribution < 1.29 is 9.53 Å². The average Bonchev–Trinajstić information content (AvgIpc) is 3.04. The maximum absolute atomic E-state index is 12.5. The molecule has 7 heteroatoms. The summed E-state index contributed by atoms with van der Waals surface area (Å²) >= 11 is 0. The van der Waals surface area contributed by atoms with E-state index in [1.165, 1.54) is 0 Å². The molecule has 2 aromatic rings. The minimum Gasteiger partial charge on any atom is -0.378 e. The van der Waals surface area contributed by atoms with Crippen LogP contribution in [0.1, 0.15) is 17.3 Å². The van der Waals surface area contributed by atoms with Crippen molar-refractivity contribution in [2.24, 2.45) is 0 Å². The Bertz CT molecular complexity index is 634. The lowest BCUT2D eigenvalue weighted by atomic mass is 10.1. The van der Waals surface area contributed by atoms with Crippen molar-refractivity contribution in [3.8, 4) is 11.4 Å². The van der Waals surface area contributed by atoms with Gasteiger partial charge in [0.1, 0.15) is 0 Å². The fourth-order valence-corrected chi connectivity index (χ4v) is 2.36. The van der Waals surface area contributed by atoms with Gasteiger partial charge in [0.2, 0.25) is 0 Å². The van der Waals surface area contributed by atoms with E-state index in [2.05, 4.69) is 15.5 Å². The quantitative estimate of drug-likeness (QED) is 0.836.